The van der Waals surface area contributed by atoms with E-state index in [0.29, 0.717) is 19.3 Å². The van der Waals surface area contributed by atoms with Gasteiger partial charge in [-0.3, -0.25) is 4.79 Å². The van der Waals surface area contributed by atoms with Crippen LogP contribution in [0.5, 0.6) is 0 Å². The Morgan fingerprint density at radius 1 is 0.362 bits per heavy atom. The van der Waals surface area contributed by atoms with Gasteiger partial charge >= 0.3 is 0 Å². The van der Waals surface area contributed by atoms with Crippen LogP contribution in [0.3, 0.4) is 0 Å². The molecule has 0 fully saturated rings. The molecule has 0 radical (unpaired) electrons. The SMILES string of the molecule is CCCCCCCCCCC/C=C\C/C=C\CCCCCCCCCCC(O)C(=O)NC(CO)C(O)C(O)CCC/C=C/CC/C=C/CCCCCCCCCCCCCCCCCCCCCC. The standard InChI is InChI=1S/C63H119NO5/c1-3-5-7-9-11-13-15-17-19-21-23-25-27-29-30-31-32-33-35-36-38-40-42-44-46-48-50-52-54-56-60(66)62(68)59(58-65)64-63(69)61(67)57-55-53-51-49-47-45-43-41-39-37-34-28-26-24-22-20-18-16-14-12-10-8-6-4-2/h24,26,34,37,40,42,48,50,59-62,65-68H,3-23,25,27-33,35-36,38-39,41,43-47,49,51-58H2,1-2H3,(H,64,69)/b26-24-,37-34-,42-40+,50-48+. The van der Waals surface area contributed by atoms with Gasteiger partial charge in [0.1, 0.15) is 12.2 Å². The summed E-state index contributed by atoms with van der Waals surface area (Å²) in [4.78, 5) is 12.6. The van der Waals surface area contributed by atoms with Gasteiger partial charge in [-0.2, -0.15) is 0 Å². The van der Waals surface area contributed by atoms with Crippen LogP contribution >= 0.6 is 0 Å². The summed E-state index contributed by atoms with van der Waals surface area (Å²) in [6.07, 6.45) is 73.4. The van der Waals surface area contributed by atoms with Crippen molar-refractivity contribution < 1.29 is 25.2 Å². The van der Waals surface area contributed by atoms with Gasteiger partial charge in [0.25, 0.3) is 0 Å². The molecule has 6 nitrogen and oxygen atoms in total. The Bertz CT molecular complexity index is 1130. The van der Waals surface area contributed by atoms with Crippen molar-refractivity contribution in [2.45, 2.75) is 340 Å². The van der Waals surface area contributed by atoms with Crippen molar-refractivity contribution in [3.05, 3.63) is 48.6 Å². The lowest BCUT2D eigenvalue weighted by Gasteiger charge is -2.27. The predicted molar refractivity (Wildman–Crippen MR) is 302 cm³/mol. The van der Waals surface area contributed by atoms with Crippen LogP contribution in [0.2, 0.25) is 0 Å². The summed E-state index contributed by atoms with van der Waals surface area (Å²) in [5.41, 5.74) is 0. The number of unbranched alkanes of at least 4 members (excludes halogenated alkanes) is 39. The van der Waals surface area contributed by atoms with Gasteiger partial charge in [0.15, 0.2) is 0 Å². The van der Waals surface area contributed by atoms with E-state index in [1.54, 1.807) is 0 Å². The zero-order valence-corrected chi connectivity index (χ0v) is 46.1. The Labute approximate surface area is 429 Å². The van der Waals surface area contributed by atoms with Crippen LogP contribution in [-0.4, -0.2) is 57.3 Å². The molecule has 0 rings (SSSR count). The molecule has 406 valence electrons. The van der Waals surface area contributed by atoms with Crippen LogP contribution in [0.15, 0.2) is 48.6 Å². The number of hydrogen-bond donors (Lipinski definition) is 5. The van der Waals surface area contributed by atoms with Gasteiger partial charge in [-0.25, -0.2) is 0 Å². The second-order valence-corrected chi connectivity index (χ2v) is 21.0. The minimum absolute atomic E-state index is 0.352. The first kappa shape index (κ1) is 67.3. The van der Waals surface area contributed by atoms with E-state index in [1.807, 2.05) is 0 Å². The number of nitrogens with one attached hydrogen (secondary N) is 1. The molecule has 0 heterocycles. The van der Waals surface area contributed by atoms with Gasteiger partial charge in [-0.1, -0.05) is 281 Å². The van der Waals surface area contributed by atoms with Crippen molar-refractivity contribution in [1.29, 1.82) is 0 Å². The molecule has 69 heavy (non-hydrogen) atoms. The third kappa shape index (κ3) is 51.0. The maximum absolute atomic E-state index is 12.6. The molecular formula is C63H119NO5. The maximum Gasteiger partial charge on any atom is 0.249 e. The molecule has 5 N–H and O–H groups in total. The summed E-state index contributed by atoms with van der Waals surface area (Å²) in [6, 6.07) is -1.01. The number of aliphatic hydroxyl groups is 4. The molecule has 0 aliphatic carbocycles. The first-order chi connectivity index (χ1) is 34.0. The number of carbonyl (C=O) groups is 1. The van der Waals surface area contributed by atoms with E-state index in [4.69, 9.17) is 0 Å². The van der Waals surface area contributed by atoms with Crippen LogP contribution in [-0.2, 0) is 4.79 Å². The molecule has 4 unspecified atom stereocenters. The van der Waals surface area contributed by atoms with Gasteiger partial charge < -0.3 is 25.7 Å². The van der Waals surface area contributed by atoms with E-state index < -0.39 is 36.9 Å². The molecule has 0 aromatic heterocycles. The highest BCUT2D eigenvalue weighted by Crippen LogP contribution is 2.17. The average Bonchev–Trinajstić information content (AvgIpc) is 3.35. The van der Waals surface area contributed by atoms with Crippen molar-refractivity contribution >= 4 is 5.91 Å². The Balaban J connectivity index is 3.68. The van der Waals surface area contributed by atoms with Crippen LogP contribution < -0.4 is 5.32 Å². The third-order valence-corrected chi connectivity index (χ3v) is 14.2. The average molecular weight is 971 g/mol. The fraction of sp³-hybridized carbons (Fsp3) is 0.857. The molecule has 0 saturated heterocycles. The zero-order chi connectivity index (χ0) is 50.2. The largest absolute Gasteiger partial charge is 0.394 e. The van der Waals surface area contributed by atoms with Gasteiger partial charge in [0, 0.05) is 0 Å². The Kier molecular flexibility index (Phi) is 55.7. The van der Waals surface area contributed by atoms with E-state index in [0.717, 1.165) is 51.4 Å². The number of allylic oxidation sites excluding steroid dienone is 8. The van der Waals surface area contributed by atoms with E-state index in [2.05, 4.69) is 67.8 Å². The highest BCUT2D eigenvalue weighted by molar-refractivity contribution is 5.80. The van der Waals surface area contributed by atoms with Crippen molar-refractivity contribution in [3.63, 3.8) is 0 Å². The van der Waals surface area contributed by atoms with Crippen molar-refractivity contribution in [3.8, 4) is 0 Å². The van der Waals surface area contributed by atoms with Gasteiger partial charge in [-0.15, -0.1) is 0 Å². The Morgan fingerprint density at radius 2 is 0.652 bits per heavy atom. The van der Waals surface area contributed by atoms with Gasteiger partial charge in [0.2, 0.25) is 5.91 Å². The van der Waals surface area contributed by atoms with Gasteiger partial charge in [0.05, 0.1) is 18.8 Å². The molecular weight excluding hydrogens is 851 g/mol. The molecule has 6 heteroatoms. The summed E-state index contributed by atoms with van der Waals surface area (Å²) in [6.45, 7) is 4.07. The van der Waals surface area contributed by atoms with Gasteiger partial charge in [-0.05, 0) is 83.5 Å². The smallest absolute Gasteiger partial charge is 0.249 e. The van der Waals surface area contributed by atoms with E-state index in [9.17, 15) is 25.2 Å². The molecule has 0 aliphatic rings. The number of carbonyl (C=O) groups excluding carboxylic acids is 1. The second kappa shape index (κ2) is 57.2. The lowest BCUT2D eigenvalue weighted by molar-refractivity contribution is -0.132. The topological polar surface area (TPSA) is 110 Å². The molecule has 0 aromatic rings. The summed E-state index contributed by atoms with van der Waals surface area (Å²) in [5, 5.41) is 44.0. The summed E-state index contributed by atoms with van der Waals surface area (Å²) < 4.78 is 0. The molecule has 0 aromatic carbocycles. The quantitative estimate of drug-likeness (QED) is 0.0308. The van der Waals surface area contributed by atoms with Crippen molar-refractivity contribution in [1.82, 2.24) is 5.32 Å². The van der Waals surface area contributed by atoms with Crippen LogP contribution in [0, 0.1) is 0 Å². The Hall–Kier alpha value is -1.73. The molecule has 0 saturated carbocycles. The summed E-state index contributed by atoms with van der Waals surface area (Å²) in [7, 11) is 0. The zero-order valence-electron chi connectivity index (χ0n) is 46.1. The lowest BCUT2D eigenvalue weighted by Crippen LogP contribution is -2.53. The molecule has 0 aliphatic heterocycles. The summed E-state index contributed by atoms with van der Waals surface area (Å²) in [5.74, 6) is -0.600. The molecule has 0 spiro atoms. The number of hydrogen-bond acceptors (Lipinski definition) is 5. The lowest BCUT2D eigenvalue weighted by atomic mass is 10.00. The highest BCUT2D eigenvalue weighted by Gasteiger charge is 2.28. The summed E-state index contributed by atoms with van der Waals surface area (Å²) >= 11 is 0. The molecule has 4 atom stereocenters. The second-order valence-electron chi connectivity index (χ2n) is 21.0. The molecule has 1 amide bonds. The minimum Gasteiger partial charge on any atom is -0.394 e. The van der Waals surface area contributed by atoms with E-state index in [1.165, 1.54) is 231 Å². The minimum atomic E-state index is -1.30. The normalized spacial score (nSPS) is 14.0. The highest BCUT2D eigenvalue weighted by atomic mass is 16.3. The van der Waals surface area contributed by atoms with E-state index in [-0.39, 0.29) is 0 Å². The third-order valence-electron chi connectivity index (χ3n) is 14.2. The van der Waals surface area contributed by atoms with Crippen molar-refractivity contribution in [2.24, 2.45) is 0 Å². The Morgan fingerprint density at radius 3 is 1.00 bits per heavy atom. The number of aliphatic hydroxyl groups excluding tert-OH is 4. The van der Waals surface area contributed by atoms with Crippen LogP contribution in [0.25, 0.3) is 0 Å². The predicted octanol–water partition coefficient (Wildman–Crippen LogP) is 18.1. The number of rotatable bonds is 56. The molecule has 0 bridgehead atoms. The first-order valence-corrected chi connectivity index (χ1v) is 30.5. The van der Waals surface area contributed by atoms with Crippen molar-refractivity contribution in [2.75, 3.05) is 6.61 Å². The van der Waals surface area contributed by atoms with Crippen LogP contribution in [0.4, 0.5) is 0 Å². The van der Waals surface area contributed by atoms with E-state index >= 15 is 0 Å². The fourth-order valence-corrected chi connectivity index (χ4v) is 9.45. The maximum atomic E-state index is 12.6. The number of amides is 1. The fourth-order valence-electron chi connectivity index (χ4n) is 9.45. The monoisotopic (exact) mass is 970 g/mol. The first-order valence-electron chi connectivity index (χ1n) is 30.5. The van der Waals surface area contributed by atoms with Crippen LogP contribution in [0.1, 0.15) is 316 Å².